The van der Waals surface area contributed by atoms with E-state index in [1.165, 1.54) is 18.5 Å². The van der Waals surface area contributed by atoms with Gasteiger partial charge in [-0.1, -0.05) is 28.1 Å². The molecule has 0 aromatic heterocycles. The zero-order valence-corrected chi connectivity index (χ0v) is 12.0. The second-order valence-electron chi connectivity index (χ2n) is 5.33. The van der Waals surface area contributed by atoms with E-state index < -0.39 is 0 Å². The molecule has 0 saturated carbocycles. The smallest absolute Gasteiger partial charge is 0.0286 e. The number of aryl methyl sites for hydroxylation is 1. The first-order chi connectivity index (χ1) is 8.07. The van der Waals surface area contributed by atoms with E-state index in [0.717, 1.165) is 30.3 Å². The summed E-state index contributed by atoms with van der Waals surface area (Å²) in [4.78, 5) is 2.35. The van der Waals surface area contributed by atoms with Crippen molar-refractivity contribution in [2.75, 3.05) is 20.1 Å². The minimum atomic E-state index is 0.0140. The number of halogens is 1. The maximum Gasteiger partial charge on any atom is 0.0286 e. The number of rotatable bonds is 3. The Morgan fingerprint density at radius 3 is 2.71 bits per heavy atom. The maximum absolute atomic E-state index is 6.48. The van der Waals surface area contributed by atoms with Gasteiger partial charge in [-0.15, -0.1) is 0 Å². The van der Waals surface area contributed by atoms with Crippen molar-refractivity contribution in [2.45, 2.75) is 31.2 Å². The second kappa shape index (κ2) is 5.51. The third-order valence-electron chi connectivity index (χ3n) is 3.62. The standard InChI is InChI=1S/C14H21BrN2/c1-17-10-2-8-14(16,11-17)9-7-12-3-5-13(15)6-4-12/h3-6H,2,7-11,16H2,1H3. The molecule has 1 heterocycles. The third kappa shape index (κ3) is 3.80. The van der Waals surface area contributed by atoms with Gasteiger partial charge in [-0.3, -0.25) is 0 Å². The Hall–Kier alpha value is -0.380. The van der Waals surface area contributed by atoms with E-state index in [-0.39, 0.29) is 5.54 Å². The zero-order valence-electron chi connectivity index (χ0n) is 10.5. The Labute approximate surface area is 112 Å². The summed E-state index contributed by atoms with van der Waals surface area (Å²) in [7, 11) is 2.17. The Morgan fingerprint density at radius 1 is 1.35 bits per heavy atom. The first-order valence-corrected chi connectivity index (χ1v) is 7.09. The van der Waals surface area contributed by atoms with Gasteiger partial charge in [0, 0.05) is 16.6 Å². The highest BCUT2D eigenvalue weighted by Crippen LogP contribution is 2.23. The van der Waals surface area contributed by atoms with Crippen LogP contribution < -0.4 is 5.73 Å². The topological polar surface area (TPSA) is 29.3 Å². The summed E-state index contributed by atoms with van der Waals surface area (Å²) in [6, 6.07) is 8.57. The van der Waals surface area contributed by atoms with E-state index in [1.54, 1.807) is 0 Å². The molecule has 0 amide bonds. The second-order valence-corrected chi connectivity index (χ2v) is 6.25. The number of likely N-dealkylation sites (N-methyl/N-ethyl adjacent to an activating group) is 1. The Bertz CT molecular complexity index is 363. The summed E-state index contributed by atoms with van der Waals surface area (Å²) in [6.07, 6.45) is 4.55. The lowest BCUT2D eigenvalue weighted by Crippen LogP contribution is -2.53. The van der Waals surface area contributed by atoms with E-state index in [2.05, 4.69) is 52.1 Å². The molecule has 17 heavy (non-hydrogen) atoms. The van der Waals surface area contributed by atoms with Crippen LogP contribution in [0.15, 0.2) is 28.7 Å². The van der Waals surface area contributed by atoms with Gasteiger partial charge in [-0.05, 0) is 57.0 Å². The highest BCUT2D eigenvalue weighted by Gasteiger charge is 2.29. The van der Waals surface area contributed by atoms with Gasteiger partial charge in [0.2, 0.25) is 0 Å². The Balaban J connectivity index is 1.90. The van der Waals surface area contributed by atoms with Gasteiger partial charge < -0.3 is 10.6 Å². The average Bonchev–Trinajstić information content (AvgIpc) is 2.28. The zero-order chi connectivity index (χ0) is 12.3. The molecular formula is C14H21BrN2. The molecule has 1 fully saturated rings. The summed E-state index contributed by atoms with van der Waals surface area (Å²) >= 11 is 3.46. The molecule has 0 aliphatic carbocycles. The molecule has 0 radical (unpaired) electrons. The fourth-order valence-electron chi connectivity index (χ4n) is 2.65. The predicted octanol–water partition coefficient (Wildman–Crippen LogP) is 2.80. The van der Waals surface area contributed by atoms with Crippen LogP contribution in [0, 0.1) is 0 Å². The molecule has 1 aliphatic heterocycles. The normalized spacial score (nSPS) is 26.1. The molecule has 1 unspecified atom stereocenters. The molecule has 0 spiro atoms. The predicted molar refractivity (Wildman–Crippen MR) is 76.1 cm³/mol. The lowest BCUT2D eigenvalue weighted by molar-refractivity contribution is 0.170. The van der Waals surface area contributed by atoms with Crippen LogP contribution >= 0.6 is 15.9 Å². The number of nitrogens with two attached hydrogens (primary N) is 1. The molecule has 1 saturated heterocycles. The van der Waals surface area contributed by atoms with Crippen LogP contribution in [-0.4, -0.2) is 30.6 Å². The van der Waals surface area contributed by atoms with Crippen LogP contribution in [0.25, 0.3) is 0 Å². The van der Waals surface area contributed by atoms with E-state index in [0.29, 0.717) is 0 Å². The number of piperidine rings is 1. The monoisotopic (exact) mass is 296 g/mol. The molecule has 94 valence electrons. The largest absolute Gasteiger partial charge is 0.324 e. The molecule has 1 aromatic rings. The summed E-state index contributed by atoms with van der Waals surface area (Å²) in [6.45, 7) is 2.22. The molecule has 2 rings (SSSR count). The van der Waals surface area contributed by atoms with E-state index >= 15 is 0 Å². The van der Waals surface area contributed by atoms with Crippen molar-refractivity contribution in [3.63, 3.8) is 0 Å². The van der Waals surface area contributed by atoms with Crippen molar-refractivity contribution in [1.82, 2.24) is 4.90 Å². The summed E-state index contributed by atoms with van der Waals surface area (Å²) in [5, 5.41) is 0. The number of benzene rings is 1. The van der Waals surface area contributed by atoms with Gasteiger partial charge in [0.15, 0.2) is 0 Å². The van der Waals surface area contributed by atoms with Crippen LogP contribution in [-0.2, 0) is 6.42 Å². The van der Waals surface area contributed by atoms with Gasteiger partial charge in [-0.2, -0.15) is 0 Å². The third-order valence-corrected chi connectivity index (χ3v) is 4.15. The van der Waals surface area contributed by atoms with Crippen LogP contribution in [0.3, 0.4) is 0 Å². The van der Waals surface area contributed by atoms with Crippen molar-refractivity contribution < 1.29 is 0 Å². The molecule has 1 aliphatic rings. The fraction of sp³-hybridized carbons (Fsp3) is 0.571. The molecule has 2 N–H and O–H groups in total. The minimum absolute atomic E-state index is 0.0140. The van der Waals surface area contributed by atoms with Crippen LogP contribution in [0.5, 0.6) is 0 Å². The average molecular weight is 297 g/mol. The number of hydrogen-bond acceptors (Lipinski definition) is 2. The van der Waals surface area contributed by atoms with Crippen LogP contribution in [0.4, 0.5) is 0 Å². The molecule has 1 atom stereocenters. The van der Waals surface area contributed by atoms with Gasteiger partial charge in [0.1, 0.15) is 0 Å². The quantitative estimate of drug-likeness (QED) is 0.929. The van der Waals surface area contributed by atoms with Crippen molar-refractivity contribution in [1.29, 1.82) is 0 Å². The van der Waals surface area contributed by atoms with Crippen molar-refractivity contribution in [2.24, 2.45) is 5.73 Å². The van der Waals surface area contributed by atoms with E-state index in [4.69, 9.17) is 5.73 Å². The van der Waals surface area contributed by atoms with E-state index in [1.807, 2.05) is 0 Å². The van der Waals surface area contributed by atoms with Crippen molar-refractivity contribution in [3.05, 3.63) is 34.3 Å². The SMILES string of the molecule is CN1CCCC(N)(CCc2ccc(Br)cc2)C1. The molecule has 0 bridgehead atoms. The van der Waals surface area contributed by atoms with Gasteiger partial charge in [0.25, 0.3) is 0 Å². The highest BCUT2D eigenvalue weighted by molar-refractivity contribution is 9.10. The van der Waals surface area contributed by atoms with Crippen LogP contribution in [0.2, 0.25) is 0 Å². The lowest BCUT2D eigenvalue weighted by atomic mass is 9.85. The first-order valence-electron chi connectivity index (χ1n) is 6.29. The summed E-state index contributed by atoms with van der Waals surface area (Å²) in [5.41, 5.74) is 7.87. The van der Waals surface area contributed by atoms with Crippen LogP contribution in [0.1, 0.15) is 24.8 Å². The number of likely N-dealkylation sites (tertiary alicyclic amines) is 1. The summed E-state index contributed by atoms with van der Waals surface area (Å²) in [5.74, 6) is 0. The number of nitrogens with zero attached hydrogens (tertiary/aromatic N) is 1. The molecule has 2 nitrogen and oxygen atoms in total. The molecule has 3 heteroatoms. The molecule has 1 aromatic carbocycles. The summed E-state index contributed by atoms with van der Waals surface area (Å²) < 4.78 is 1.14. The van der Waals surface area contributed by atoms with Gasteiger partial charge in [0.05, 0.1) is 0 Å². The Morgan fingerprint density at radius 2 is 2.06 bits per heavy atom. The highest BCUT2D eigenvalue weighted by atomic mass is 79.9. The fourth-order valence-corrected chi connectivity index (χ4v) is 2.91. The lowest BCUT2D eigenvalue weighted by Gasteiger charge is -2.38. The maximum atomic E-state index is 6.48. The first kappa shape index (κ1) is 13.1. The van der Waals surface area contributed by atoms with Gasteiger partial charge in [-0.25, -0.2) is 0 Å². The van der Waals surface area contributed by atoms with E-state index in [9.17, 15) is 0 Å². The Kier molecular flexibility index (Phi) is 4.23. The number of hydrogen-bond donors (Lipinski definition) is 1. The van der Waals surface area contributed by atoms with Gasteiger partial charge >= 0.3 is 0 Å². The van der Waals surface area contributed by atoms with Crippen molar-refractivity contribution in [3.8, 4) is 0 Å². The van der Waals surface area contributed by atoms with Crippen molar-refractivity contribution >= 4 is 15.9 Å². The minimum Gasteiger partial charge on any atom is -0.324 e. The molecular weight excluding hydrogens is 276 g/mol.